The third-order valence-electron chi connectivity index (χ3n) is 1.39. The maximum absolute atomic E-state index is 10.9. The largest absolute Gasteiger partial charge is 0.298 e. The van der Waals surface area contributed by atoms with Crippen LogP contribution in [0.15, 0.2) is 11.0 Å². The fraction of sp³-hybridized carbons (Fsp3) is 0.429. The number of hydrogen-bond donors (Lipinski definition) is 0. The summed E-state index contributed by atoms with van der Waals surface area (Å²) in [6.45, 7) is 3.01. The summed E-state index contributed by atoms with van der Waals surface area (Å²) < 4.78 is 0. The smallest absolute Gasteiger partial charge is 0.157 e. The number of rotatable bonds is 2. The van der Waals surface area contributed by atoms with E-state index in [4.69, 9.17) is 0 Å². The molecule has 0 saturated heterocycles. The van der Waals surface area contributed by atoms with Crippen molar-refractivity contribution in [2.45, 2.75) is 19.1 Å². The first-order chi connectivity index (χ1) is 5.13. The summed E-state index contributed by atoms with van der Waals surface area (Å²) in [5, 5.41) is 1.54. The van der Waals surface area contributed by atoms with Gasteiger partial charge in [0.1, 0.15) is 11.0 Å². The zero-order valence-corrected chi connectivity index (χ0v) is 7.92. The van der Waals surface area contributed by atoms with Gasteiger partial charge in [0.05, 0.1) is 0 Å². The second kappa shape index (κ2) is 3.45. The second-order valence-electron chi connectivity index (χ2n) is 2.31. The van der Waals surface area contributed by atoms with E-state index < -0.39 is 0 Å². The van der Waals surface area contributed by atoms with Gasteiger partial charge in [0.25, 0.3) is 0 Å². The number of hydrogen-bond acceptors (Lipinski definition) is 4. The number of ketones is 2. The molecular weight excluding hydrogens is 180 g/mol. The van der Waals surface area contributed by atoms with Crippen LogP contribution in [0.4, 0.5) is 0 Å². The first-order valence-corrected chi connectivity index (χ1v) is 5.44. The molecule has 0 fully saturated rings. The van der Waals surface area contributed by atoms with E-state index in [1.165, 1.54) is 35.4 Å². The van der Waals surface area contributed by atoms with E-state index in [-0.39, 0.29) is 16.8 Å². The van der Waals surface area contributed by atoms with Gasteiger partial charge in [-0.3, -0.25) is 9.59 Å². The molecule has 0 amide bonds. The molecule has 0 spiro atoms. The van der Waals surface area contributed by atoms with E-state index in [0.29, 0.717) is 5.57 Å². The highest BCUT2D eigenvalue weighted by molar-refractivity contribution is 8.78. The number of carbonyl (C=O) groups is 2. The number of carbonyl (C=O) groups excluding carboxylic acids is 2. The second-order valence-corrected chi connectivity index (χ2v) is 4.56. The molecule has 0 radical (unpaired) electrons. The van der Waals surface area contributed by atoms with Gasteiger partial charge in [-0.05, 0) is 19.3 Å². The van der Waals surface area contributed by atoms with Gasteiger partial charge in [-0.15, -0.1) is 0 Å². The maximum atomic E-state index is 10.9. The average Bonchev–Trinajstić information content (AvgIpc) is 2.32. The van der Waals surface area contributed by atoms with Crippen LogP contribution in [0.5, 0.6) is 0 Å². The van der Waals surface area contributed by atoms with Gasteiger partial charge in [-0.1, -0.05) is 21.6 Å². The lowest BCUT2D eigenvalue weighted by Crippen LogP contribution is -2.17. The van der Waals surface area contributed by atoms with Crippen molar-refractivity contribution in [3.63, 3.8) is 0 Å². The molecule has 0 bridgehead atoms. The van der Waals surface area contributed by atoms with Crippen LogP contribution in [0.3, 0.4) is 0 Å². The summed E-state index contributed by atoms with van der Waals surface area (Å²) in [7, 11) is 2.90. The van der Waals surface area contributed by atoms with E-state index in [0.717, 1.165) is 0 Å². The summed E-state index contributed by atoms with van der Waals surface area (Å²) in [4.78, 5) is 21.8. The Kier molecular flexibility index (Phi) is 2.78. The van der Waals surface area contributed by atoms with Gasteiger partial charge >= 0.3 is 0 Å². The van der Waals surface area contributed by atoms with Crippen molar-refractivity contribution in [2.75, 3.05) is 0 Å². The minimum absolute atomic E-state index is 0.00250. The van der Waals surface area contributed by atoms with Crippen LogP contribution in [-0.4, -0.2) is 16.8 Å². The van der Waals surface area contributed by atoms with E-state index in [1.54, 1.807) is 5.41 Å². The zero-order valence-electron chi connectivity index (χ0n) is 6.29. The highest BCUT2D eigenvalue weighted by atomic mass is 33.1. The lowest BCUT2D eigenvalue weighted by molar-refractivity contribution is -0.118. The van der Waals surface area contributed by atoms with Crippen molar-refractivity contribution in [3.8, 4) is 0 Å². The van der Waals surface area contributed by atoms with Gasteiger partial charge in [0.2, 0.25) is 0 Å². The first kappa shape index (κ1) is 8.87. The molecular formula is C7H8O2S2. The average molecular weight is 188 g/mol. The molecule has 1 heterocycles. The monoisotopic (exact) mass is 188 g/mol. The normalized spacial score (nSPS) is 23.1. The topological polar surface area (TPSA) is 34.1 Å². The van der Waals surface area contributed by atoms with E-state index in [1.807, 2.05) is 0 Å². The standard InChI is InChI=1S/C7H8O2S2/c1-4(8)6-3-10-11-7(6)5(2)9/h3,7H,1-2H3/t7-/m0/s1. The molecule has 60 valence electrons. The number of Topliss-reactive ketones (excluding diaryl/α,β-unsaturated/α-hetero) is 2. The predicted octanol–water partition coefficient (Wildman–Crippen LogP) is 1.81. The Morgan fingerprint density at radius 2 is 2.09 bits per heavy atom. The highest BCUT2D eigenvalue weighted by Gasteiger charge is 2.27. The third-order valence-corrected chi connectivity index (χ3v) is 3.82. The molecule has 2 nitrogen and oxygen atoms in total. The quantitative estimate of drug-likeness (QED) is 0.619. The Labute approximate surface area is 73.2 Å². The van der Waals surface area contributed by atoms with Crippen molar-refractivity contribution in [1.82, 2.24) is 0 Å². The Balaban J connectivity index is 2.79. The Morgan fingerprint density at radius 3 is 2.45 bits per heavy atom. The van der Waals surface area contributed by atoms with E-state index >= 15 is 0 Å². The molecule has 1 aliphatic heterocycles. The fourth-order valence-corrected chi connectivity index (χ4v) is 3.46. The lowest BCUT2D eigenvalue weighted by Gasteiger charge is -2.04. The van der Waals surface area contributed by atoms with Gasteiger partial charge in [0.15, 0.2) is 5.78 Å². The Morgan fingerprint density at radius 1 is 1.45 bits per heavy atom. The molecule has 1 aliphatic rings. The van der Waals surface area contributed by atoms with Gasteiger partial charge in [-0.2, -0.15) is 0 Å². The SMILES string of the molecule is CC(=O)C1=CSS[C@H]1C(C)=O. The van der Waals surface area contributed by atoms with Crippen LogP contribution in [0.25, 0.3) is 0 Å². The van der Waals surface area contributed by atoms with Crippen molar-refractivity contribution < 1.29 is 9.59 Å². The fourth-order valence-electron chi connectivity index (χ4n) is 0.803. The summed E-state index contributed by atoms with van der Waals surface area (Å²) in [6.07, 6.45) is 0. The maximum Gasteiger partial charge on any atom is 0.157 e. The molecule has 11 heavy (non-hydrogen) atoms. The molecule has 0 aliphatic carbocycles. The van der Waals surface area contributed by atoms with E-state index in [9.17, 15) is 9.59 Å². The summed E-state index contributed by atoms with van der Waals surface area (Å²) in [5.74, 6) is 0.0594. The van der Waals surface area contributed by atoms with Crippen LogP contribution in [0.1, 0.15) is 13.8 Å². The van der Waals surface area contributed by atoms with Crippen LogP contribution in [0.2, 0.25) is 0 Å². The van der Waals surface area contributed by atoms with Crippen LogP contribution >= 0.6 is 21.6 Å². The molecule has 0 aromatic heterocycles. The van der Waals surface area contributed by atoms with Crippen LogP contribution in [-0.2, 0) is 9.59 Å². The van der Waals surface area contributed by atoms with Crippen LogP contribution in [0, 0.1) is 0 Å². The first-order valence-electron chi connectivity index (χ1n) is 3.16. The minimum atomic E-state index is -0.225. The Hall–Kier alpha value is -0.220. The molecule has 4 heteroatoms. The summed E-state index contributed by atoms with van der Waals surface area (Å²) in [5.41, 5.74) is 0.646. The zero-order chi connectivity index (χ0) is 8.43. The Bertz CT molecular complexity index is 233. The van der Waals surface area contributed by atoms with Crippen molar-refractivity contribution in [1.29, 1.82) is 0 Å². The van der Waals surface area contributed by atoms with Crippen molar-refractivity contribution in [3.05, 3.63) is 11.0 Å². The third kappa shape index (κ3) is 1.87. The van der Waals surface area contributed by atoms with E-state index in [2.05, 4.69) is 0 Å². The predicted molar refractivity (Wildman–Crippen MR) is 48.4 cm³/mol. The molecule has 1 atom stereocenters. The molecule has 0 unspecified atom stereocenters. The summed E-state index contributed by atoms with van der Waals surface area (Å²) in [6, 6.07) is 0. The molecule has 0 aromatic carbocycles. The van der Waals surface area contributed by atoms with Crippen molar-refractivity contribution in [2.24, 2.45) is 0 Å². The minimum Gasteiger partial charge on any atom is -0.298 e. The van der Waals surface area contributed by atoms with Gasteiger partial charge in [0, 0.05) is 5.57 Å². The molecule has 0 N–H and O–H groups in total. The van der Waals surface area contributed by atoms with Gasteiger partial charge in [-0.25, -0.2) is 0 Å². The van der Waals surface area contributed by atoms with Gasteiger partial charge < -0.3 is 0 Å². The molecule has 0 saturated carbocycles. The van der Waals surface area contributed by atoms with Crippen molar-refractivity contribution >= 4 is 33.2 Å². The van der Waals surface area contributed by atoms with Crippen LogP contribution < -0.4 is 0 Å². The summed E-state index contributed by atoms with van der Waals surface area (Å²) >= 11 is 0. The molecule has 0 aromatic rings. The highest BCUT2D eigenvalue weighted by Crippen LogP contribution is 2.41. The molecule has 1 rings (SSSR count). The lowest BCUT2D eigenvalue weighted by atomic mass is 10.1.